The van der Waals surface area contributed by atoms with Crippen LogP contribution in [0.4, 0.5) is 13.2 Å². The van der Waals surface area contributed by atoms with E-state index in [1.807, 2.05) is 0 Å². The number of carbonyl (C=O) groups is 2. The van der Waals surface area contributed by atoms with Crippen LogP contribution in [0.3, 0.4) is 0 Å². The van der Waals surface area contributed by atoms with E-state index in [0.717, 1.165) is 17.9 Å². The summed E-state index contributed by atoms with van der Waals surface area (Å²) in [5, 5.41) is 4.44. The molecule has 0 saturated heterocycles. The monoisotopic (exact) mass is 443 g/mol. The van der Waals surface area contributed by atoms with E-state index in [1.165, 1.54) is 48.4 Å². The number of rotatable bonds is 4. The molecule has 0 saturated carbocycles. The maximum Gasteiger partial charge on any atom is 0.417 e. The van der Waals surface area contributed by atoms with Crippen molar-refractivity contribution in [2.75, 3.05) is 12.5 Å². The van der Waals surface area contributed by atoms with Crippen LogP contribution in [0.25, 0.3) is 22.3 Å². The zero-order valence-corrected chi connectivity index (χ0v) is 16.8. The van der Waals surface area contributed by atoms with Gasteiger partial charge in [0.15, 0.2) is 11.3 Å². The number of benzene rings is 1. The van der Waals surface area contributed by atoms with Crippen LogP contribution in [-0.2, 0) is 18.0 Å². The van der Waals surface area contributed by atoms with Crippen LogP contribution < -0.4 is 5.43 Å². The lowest BCUT2D eigenvalue weighted by atomic mass is 10.0. The molecule has 0 aliphatic heterocycles. The first kappa shape index (κ1) is 21.1. The van der Waals surface area contributed by atoms with Gasteiger partial charge in [0.25, 0.3) is 5.91 Å². The fraction of sp³-hybridized carbons (Fsp3) is 0.143. The van der Waals surface area contributed by atoms with Crippen molar-refractivity contribution in [1.29, 1.82) is 0 Å². The van der Waals surface area contributed by atoms with E-state index in [0.29, 0.717) is 5.39 Å². The Morgan fingerprint density at radius 1 is 1.12 bits per heavy atom. The molecule has 11 heteroatoms. The van der Waals surface area contributed by atoms with E-state index in [9.17, 15) is 22.8 Å². The molecule has 1 amide bonds. The second kappa shape index (κ2) is 7.84. The Morgan fingerprint density at radius 3 is 2.59 bits per heavy atom. The molecule has 0 fully saturated rings. The maximum absolute atomic E-state index is 13.7. The number of carbonyl (C=O) groups excluding carboxylic acids is 2. The fourth-order valence-electron chi connectivity index (χ4n) is 3.36. The van der Waals surface area contributed by atoms with Gasteiger partial charge in [0, 0.05) is 30.4 Å². The molecule has 0 radical (unpaired) electrons. The molecule has 8 nitrogen and oxygen atoms in total. The number of fused-ring (bicyclic) bond motifs is 1. The Labute approximate surface area is 179 Å². The number of hydrogen-bond donors (Lipinski definition) is 1. The lowest BCUT2D eigenvalue weighted by Crippen LogP contribution is -2.25. The zero-order chi connectivity index (χ0) is 23.0. The molecule has 0 spiro atoms. The number of nitrogens with zero attached hydrogens (tertiary/aromatic N) is 4. The van der Waals surface area contributed by atoms with Crippen LogP contribution >= 0.6 is 0 Å². The number of methoxy groups -OCH3 is 1. The van der Waals surface area contributed by atoms with Gasteiger partial charge in [-0.05, 0) is 24.3 Å². The third-order valence-corrected chi connectivity index (χ3v) is 4.74. The van der Waals surface area contributed by atoms with Crippen molar-refractivity contribution >= 4 is 22.9 Å². The van der Waals surface area contributed by atoms with Crippen molar-refractivity contribution < 1.29 is 27.5 Å². The zero-order valence-electron chi connectivity index (χ0n) is 16.8. The third-order valence-electron chi connectivity index (χ3n) is 4.74. The van der Waals surface area contributed by atoms with E-state index >= 15 is 0 Å². The van der Waals surface area contributed by atoms with Crippen molar-refractivity contribution in [3.63, 3.8) is 0 Å². The summed E-state index contributed by atoms with van der Waals surface area (Å²) in [6.45, 7) is 0. The predicted octanol–water partition coefficient (Wildman–Crippen LogP) is 3.63. The molecule has 3 aromatic heterocycles. The summed E-state index contributed by atoms with van der Waals surface area (Å²) >= 11 is 0. The van der Waals surface area contributed by atoms with Gasteiger partial charge in [0.05, 0.1) is 23.9 Å². The highest BCUT2D eigenvalue weighted by Crippen LogP contribution is 2.38. The minimum Gasteiger partial charge on any atom is -0.464 e. The highest BCUT2D eigenvalue weighted by Gasteiger charge is 2.34. The van der Waals surface area contributed by atoms with E-state index < -0.39 is 23.6 Å². The number of esters is 1. The number of pyridine rings is 1. The van der Waals surface area contributed by atoms with Gasteiger partial charge in [-0.2, -0.15) is 18.3 Å². The molecule has 3 heterocycles. The molecular weight excluding hydrogens is 427 g/mol. The number of aromatic nitrogens is 4. The molecule has 32 heavy (non-hydrogen) atoms. The van der Waals surface area contributed by atoms with Crippen molar-refractivity contribution in [2.45, 2.75) is 6.18 Å². The summed E-state index contributed by atoms with van der Waals surface area (Å²) in [4.78, 5) is 29.2. The lowest BCUT2D eigenvalue weighted by Gasteiger charge is -2.16. The highest BCUT2D eigenvalue weighted by atomic mass is 19.4. The minimum atomic E-state index is -4.61. The number of amides is 1. The number of halogens is 3. The molecule has 1 aromatic carbocycles. The molecule has 0 unspecified atom stereocenters. The lowest BCUT2D eigenvalue weighted by molar-refractivity contribution is -0.137. The fourth-order valence-corrected chi connectivity index (χ4v) is 3.36. The summed E-state index contributed by atoms with van der Waals surface area (Å²) in [6.07, 6.45) is -1.85. The maximum atomic E-state index is 13.7. The second-order valence-corrected chi connectivity index (χ2v) is 6.82. The Bertz CT molecular complexity index is 1340. The topological polar surface area (TPSA) is 91.0 Å². The van der Waals surface area contributed by atoms with E-state index in [4.69, 9.17) is 0 Å². The van der Waals surface area contributed by atoms with Gasteiger partial charge in [-0.1, -0.05) is 18.2 Å². The molecule has 4 aromatic rings. The van der Waals surface area contributed by atoms with Gasteiger partial charge in [0.1, 0.15) is 0 Å². The summed E-state index contributed by atoms with van der Waals surface area (Å²) in [7, 11) is 2.66. The SMILES string of the molecule is COC(=O)c1nn(C)cc1C(=O)Nn1c(-c2ccccc2C(F)(F)F)cc2cccnc21. The Morgan fingerprint density at radius 2 is 1.88 bits per heavy atom. The molecular formula is C21H16F3N5O3. The molecule has 164 valence electrons. The molecule has 0 aliphatic rings. The summed E-state index contributed by atoms with van der Waals surface area (Å²) < 4.78 is 48.0. The largest absolute Gasteiger partial charge is 0.464 e. The Hall–Kier alpha value is -4.15. The van der Waals surface area contributed by atoms with Gasteiger partial charge in [-0.25, -0.2) is 14.5 Å². The number of aryl methyl sites for hydroxylation is 1. The summed E-state index contributed by atoms with van der Waals surface area (Å²) in [5.41, 5.74) is 1.51. The summed E-state index contributed by atoms with van der Waals surface area (Å²) in [5.74, 6) is -1.60. The Balaban J connectivity index is 1.87. The van der Waals surface area contributed by atoms with Crippen LogP contribution in [0.2, 0.25) is 0 Å². The second-order valence-electron chi connectivity index (χ2n) is 6.82. The minimum absolute atomic E-state index is 0.0727. The standard InChI is InChI=1S/C21H16F3N5O3/c1-28-11-14(17(26-28)20(31)32-2)19(30)27-29-16(10-12-6-5-9-25-18(12)29)13-7-3-4-8-15(13)21(22,23)24/h3-11H,1-2H3,(H,27,30). The van der Waals surface area contributed by atoms with Crippen LogP contribution in [0.5, 0.6) is 0 Å². The van der Waals surface area contributed by atoms with Crippen LogP contribution in [0, 0.1) is 0 Å². The highest BCUT2D eigenvalue weighted by molar-refractivity contribution is 6.08. The van der Waals surface area contributed by atoms with Gasteiger partial charge in [-0.15, -0.1) is 0 Å². The Kier molecular flexibility index (Phi) is 5.17. The number of nitrogens with one attached hydrogen (secondary N) is 1. The third kappa shape index (κ3) is 3.68. The molecule has 1 N–H and O–H groups in total. The first-order valence-corrected chi connectivity index (χ1v) is 9.27. The average molecular weight is 443 g/mol. The molecule has 0 bridgehead atoms. The smallest absolute Gasteiger partial charge is 0.417 e. The molecule has 0 atom stereocenters. The van der Waals surface area contributed by atoms with Crippen LogP contribution in [-0.4, -0.2) is 38.4 Å². The normalized spacial score (nSPS) is 11.5. The first-order chi connectivity index (χ1) is 15.2. The van der Waals surface area contributed by atoms with Crippen molar-refractivity contribution in [3.8, 4) is 11.3 Å². The van der Waals surface area contributed by atoms with Crippen molar-refractivity contribution in [3.05, 3.63) is 71.7 Å². The summed E-state index contributed by atoms with van der Waals surface area (Å²) in [6, 6.07) is 9.82. The van der Waals surface area contributed by atoms with Crippen LogP contribution in [0.15, 0.2) is 54.9 Å². The molecule has 0 aliphatic carbocycles. The van der Waals surface area contributed by atoms with E-state index in [-0.39, 0.29) is 28.2 Å². The first-order valence-electron chi connectivity index (χ1n) is 9.27. The molecule has 4 rings (SSSR count). The van der Waals surface area contributed by atoms with Crippen molar-refractivity contribution in [2.24, 2.45) is 7.05 Å². The number of hydrogen-bond acceptors (Lipinski definition) is 5. The van der Waals surface area contributed by atoms with Gasteiger partial charge >= 0.3 is 12.1 Å². The van der Waals surface area contributed by atoms with E-state index in [1.54, 1.807) is 12.1 Å². The van der Waals surface area contributed by atoms with Crippen LogP contribution in [0.1, 0.15) is 26.4 Å². The quantitative estimate of drug-likeness (QED) is 0.487. The average Bonchev–Trinajstić information content (AvgIpc) is 3.33. The van der Waals surface area contributed by atoms with Crippen molar-refractivity contribution in [1.82, 2.24) is 19.4 Å². The van der Waals surface area contributed by atoms with E-state index in [2.05, 4.69) is 20.2 Å². The number of ether oxygens (including phenoxy) is 1. The van der Waals surface area contributed by atoms with Gasteiger partial charge in [0.2, 0.25) is 0 Å². The number of alkyl halides is 3. The predicted molar refractivity (Wildman–Crippen MR) is 108 cm³/mol. The van der Waals surface area contributed by atoms with Gasteiger partial charge in [-0.3, -0.25) is 14.9 Å². The van der Waals surface area contributed by atoms with Gasteiger partial charge < -0.3 is 4.74 Å².